The minimum Gasteiger partial charge on any atom is -0.483 e. The summed E-state index contributed by atoms with van der Waals surface area (Å²) in [5.41, 5.74) is 2.86. The van der Waals surface area contributed by atoms with Crippen LogP contribution in [-0.2, 0) is 16.1 Å². The van der Waals surface area contributed by atoms with Crippen molar-refractivity contribution in [3.8, 4) is 5.75 Å². The average molecular weight is 431 g/mol. The van der Waals surface area contributed by atoms with Crippen molar-refractivity contribution < 1.29 is 14.3 Å². The lowest BCUT2D eigenvalue weighted by Crippen LogP contribution is -2.50. The monoisotopic (exact) mass is 430 g/mol. The van der Waals surface area contributed by atoms with E-state index >= 15 is 0 Å². The van der Waals surface area contributed by atoms with Crippen LogP contribution in [-0.4, -0.2) is 35.4 Å². The summed E-state index contributed by atoms with van der Waals surface area (Å²) in [6.07, 6.45) is 0.816. The van der Waals surface area contributed by atoms with Crippen LogP contribution in [0.1, 0.15) is 43.9 Å². The highest BCUT2D eigenvalue weighted by molar-refractivity contribution is 6.30. The maximum atomic E-state index is 13.1. The van der Waals surface area contributed by atoms with Gasteiger partial charge in [-0.15, -0.1) is 0 Å². The van der Waals surface area contributed by atoms with E-state index in [1.807, 2.05) is 58.0 Å². The average Bonchev–Trinajstić information content (AvgIpc) is 2.71. The Kier molecular flexibility index (Phi) is 8.72. The first-order chi connectivity index (χ1) is 14.2. The smallest absolute Gasteiger partial charge is 0.261 e. The molecule has 2 amide bonds. The molecule has 0 saturated carbocycles. The number of carbonyl (C=O) groups excluding carboxylic acids is 2. The Morgan fingerprint density at radius 3 is 2.53 bits per heavy atom. The van der Waals surface area contributed by atoms with E-state index in [4.69, 9.17) is 16.3 Å². The fourth-order valence-electron chi connectivity index (χ4n) is 2.97. The quantitative estimate of drug-likeness (QED) is 0.629. The first-order valence-electron chi connectivity index (χ1n) is 10.3. The lowest BCUT2D eigenvalue weighted by atomic mass is 10.1. The minimum absolute atomic E-state index is 0.0364. The Labute approximate surface area is 184 Å². The number of amides is 2. The molecule has 0 fully saturated rings. The molecule has 0 saturated heterocycles. The van der Waals surface area contributed by atoms with Gasteiger partial charge in [0.05, 0.1) is 0 Å². The number of ether oxygens (including phenoxy) is 1. The summed E-state index contributed by atoms with van der Waals surface area (Å²) in [6.45, 7) is 9.71. The van der Waals surface area contributed by atoms with Crippen molar-refractivity contribution in [2.75, 3.05) is 6.61 Å². The Morgan fingerprint density at radius 2 is 1.87 bits per heavy atom. The molecule has 2 rings (SSSR count). The maximum absolute atomic E-state index is 13.1. The van der Waals surface area contributed by atoms with Gasteiger partial charge < -0.3 is 15.0 Å². The second kappa shape index (κ2) is 11.0. The number of nitrogens with zero attached hydrogens (tertiary/aromatic N) is 1. The van der Waals surface area contributed by atoms with Crippen LogP contribution in [0.3, 0.4) is 0 Å². The second-order valence-corrected chi connectivity index (χ2v) is 8.14. The molecule has 0 bridgehead atoms. The van der Waals surface area contributed by atoms with E-state index in [2.05, 4.69) is 5.32 Å². The van der Waals surface area contributed by atoms with Gasteiger partial charge in [-0.25, -0.2) is 0 Å². The molecule has 1 N–H and O–H groups in total. The van der Waals surface area contributed by atoms with Gasteiger partial charge in [-0.05, 0) is 69.0 Å². The van der Waals surface area contributed by atoms with Crippen LogP contribution in [0.15, 0.2) is 42.5 Å². The summed E-state index contributed by atoms with van der Waals surface area (Å²) in [5, 5.41) is 3.54. The van der Waals surface area contributed by atoms with Gasteiger partial charge >= 0.3 is 0 Å². The summed E-state index contributed by atoms with van der Waals surface area (Å²) >= 11 is 6.10. The summed E-state index contributed by atoms with van der Waals surface area (Å²) in [6, 6.07) is 12.5. The van der Waals surface area contributed by atoms with Crippen molar-refractivity contribution in [1.82, 2.24) is 10.2 Å². The highest BCUT2D eigenvalue weighted by atomic mass is 35.5. The van der Waals surface area contributed by atoms with Crippen molar-refractivity contribution in [2.24, 2.45) is 0 Å². The molecular formula is C24H31ClN2O3. The Bertz CT molecular complexity index is 885. The molecule has 0 spiro atoms. The number of carbonyl (C=O) groups is 2. The highest BCUT2D eigenvalue weighted by Crippen LogP contribution is 2.20. The molecule has 0 radical (unpaired) electrons. The maximum Gasteiger partial charge on any atom is 0.261 e. The van der Waals surface area contributed by atoms with E-state index in [1.54, 1.807) is 19.1 Å². The number of benzene rings is 2. The zero-order valence-electron chi connectivity index (χ0n) is 18.4. The van der Waals surface area contributed by atoms with Gasteiger partial charge in [0.1, 0.15) is 11.8 Å². The van der Waals surface area contributed by atoms with Gasteiger partial charge in [-0.3, -0.25) is 9.59 Å². The molecule has 2 aromatic carbocycles. The lowest BCUT2D eigenvalue weighted by Gasteiger charge is -2.29. The number of hydrogen-bond acceptors (Lipinski definition) is 3. The third-order valence-corrected chi connectivity index (χ3v) is 5.34. The SMILES string of the molecule is CC[C@H](C)NC(=O)[C@H](C)N(Cc1cccc(Cl)c1)C(=O)COc1cc(C)ccc1C. The lowest BCUT2D eigenvalue weighted by molar-refractivity contribution is -0.142. The van der Waals surface area contributed by atoms with Crippen LogP contribution < -0.4 is 10.1 Å². The van der Waals surface area contributed by atoms with Gasteiger partial charge in [-0.2, -0.15) is 0 Å². The summed E-state index contributed by atoms with van der Waals surface area (Å²) < 4.78 is 5.81. The molecule has 0 aromatic heterocycles. The van der Waals surface area contributed by atoms with Crippen LogP contribution in [0.4, 0.5) is 0 Å². The number of halogens is 1. The van der Waals surface area contributed by atoms with Gasteiger partial charge in [0.15, 0.2) is 6.61 Å². The van der Waals surface area contributed by atoms with Crippen molar-refractivity contribution in [1.29, 1.82) is 0 Å². The van der Waals surface area contributed by atoms with Gasteiger partial charge in [0.2, 0.25) is 5.91 Å². The predicted molar refractivity (Wildman–Crippen MR) is 121 cm³/mol. The van der Waals surface area contributed by atoms with Crippen LogP contribution in [0, 0.1) is 13.8 Å². The molecule has 162 valence electrons. The number of aryl methyl sites for hydroxylation is 2. The summed E-state index contributed by atoms with van der Waals surface area (Å²) in [7, 11) is 0. The molecule has 30 heavy (non-hydrogen) atoms. The van der Waals surface area contributed by atoms with Gasteiger partial charge in [0, 0.05) is 17.6 Å². The third kappa shape index (κ3) is 6.77. The van der Waals surface area contributed by atoms with Crippen molar-refractivity contribution >= 4 is 23.4 Å². The molecule has 6 heteroatoms. The molecule has 0 unspecified atom stereocenters. The van der Waals surface area contributed by atoms with E-state index in [-0.39, 0.29) is 31.0 Å². The first-order valence-corrected chi connectivity index (χ1v) is 10.6. The third-order valence-electron chi connectivity index (χ3n) is 5.11. The minimum atomic E-state index is -0.646. The van der Waals surface area contributed by atoms with Crippen LogP contribution >= 0.6 is 11.6 Å². The Morgan fingerprint density at radius 1 is 1.13 bits per heavy atom. The van der Waals surface area contributed by atoms with E-state index in [0.717, 1.165) is 23.1 Å². The molecule has 0 aliphatic rings. The normalized spacial score (nSPS) is 12.7. The fraction of sp³-hybridized carbons (Fsp3) is 0.417. The number of rotatable bonds is 9. The van der Waals surface area contributed by atoms with E-state index in [1.165, 1.54) is 4.90 Å². The van der Waals surface area contributed by atoms with Gasteiger partial charge in [0.25, 0.3) is 5.91 Å². The molecule has 2 atom stereocenters. The highest BCUT2D eigenvalue weighted by Gasteiger charge is 2.27. The molecule has 0 heterocycles. The molecule has 5 nitrogen and oxygen atoms in total. The van der Waals surface area contributed by atoms with Crippen molar-refractivity contribution in [2.45, 2.75) is 59.7 Å². The van der Waals surface area contributed by atoms with E-state index in [0.29, 0.717) is 10.8 Å². The number of nitrogens with one attached hydrogen (secondary N) is 1. The zero-order chi connectivity index (χ0) is 22.3. The molecule has 0 aliphatic heterocycles. The summed E-state index contributed by atoms with van der Waals surface area (Å²) in [5.74, 6) is 0.219. The largest absolute Gasteiger partial charge is 0.483 e. The summed E-state index contributed by atoms with van der Waals surface area (Å²) in [4.78, 5) is 27.3. The second-order valence-electron chi connectivity index (χ2n) is 7.70. The first kappa shape index (κ1) is 23.7. The standard InChI is InChI=1S/C24H31ClN2O3/c1-6-18(4)26-24(29)19(5)27(14-20-8-7-9-21(25)13-20)23(28)15-30-22-12-16(2)10-11-17(22)3/h7-13,18-19H,6,14-15H2,1-5H3,(H,26,29)/t18-,19-/m0/s1. The van der Waals surface area contributed by atoms with Crippen molar-refractivity contribution in [3.05, 3.63) is 64.2 Å². The van der Waals surface area contributed by atoms with E-state index < -0.39 is 6.04 Å². The molecule has 2 aromatic rings. The Hall–Kier alpha value is -2.53. The van der Waals surface area contributed by atoms with Crippen LogP contribution in [0.2, 0.25) is 5.02 Å². The predicted octanol–water partition coefficient (Wildman–Crippen LogP) is 4.67. The van der Waals surface area contributed by atoms with E-state index in [9.17, 15) is 9.59 Å². The zero-order valence-corrected chi connectivity index (χ0v) is 19.1. The molecular weight excluding hydrogens is 400 g/mol. The molecule has 0 aliphatic carbocycles. The topological polar surface area (TPSA) is 58.6 Å². The van der Waals surface area contributed by atoms with Crippen LogP contribution in [0.25, 0.3) is 0 Å². The fourth-order valence-corrected chi connectivity index (χ4v) is 3.18. The van der Waals surface area contributed by atoms with Crippen LogP contribution in [0.5, 0.6) is 5.75 Å². The van der Waals surface area contributed by atoms with Gasteiger partial charge in [-0.1, -0.05) is 42.8 Å². The number of hydrogen-bond donors (Lipinski definition) is 1. The van der Waals surface area contributed by atoms with Crippen molar-refractivity contribution in [3.63, 3.8) is 0 Å². The Balaban J connectivity index is 2.19.